The summed E-state index contributed by atoms with van der Waals surface area (Å²) in [5.74, 6) is -0.0364. The number of hydrogen-bond donors (Lipinski definition) is 1. The van der Waals surface area contributed by atoms with Crippen molar-refractivity contribution < 1.29 is 14.3 Å². The molecule has 0 aliphatic carbocycles. The predicted molar refractivity (Wildman–Crippen MR) is 90.9 cm³/mol. The Morgan fingerprint density at radius 1 is 1.17 bits per heavy atom. The first kappa shape index (κ1) is 17.2. The fourth-order valence-corrected chi connectivity index (χ4v) is 3.39. The third-order valence-electron chi connectivity index (χ3n) is 4.60. The van der Waals surface area contributed by atoms with Crippen LogP contribution in [-0.2, 0) is 9.53 Å². The summed E-state index contributed by atoms with van der Waals surface area (Å²) in [4.78, 5) is 28.5. The third-order valence-corrected chi connectivity index (χ3v) is 4.83. The third kappa shape index (κ3) is 3.71. The number of rotatable bonds is 3. The minimum absolute atomic E-state index is 0.00959. The quantitative estimate of drug-likeness (QED) is 0.885. The molecule has 0 spiro atoms. The van der Waals surface area contributed by atoms with E-state index in [1.807, 2.05) is 0 Å². The molecule has 1 aromatic carbocycles. The van der Waals surface area contributed by atoms with Gasteiger partial charge in [-0.05, 0) is 31.0 Å². The molecule has 0 aromatic heterocycles. The van der Waals surface area contributed by atoms with Gasteiger partial charge in [-0.25, -0.2) is 0 Å². The van der Waals surface area contributed by atoms with Crippen molar-refractivity contribution in [2.75, 3.05) is 32.7 Å². The lowest BCUT2D eigenvalue weighted by Gasteiger charge is -2.35. The van der Waals surface area contributed by atoms with Gasteiger partial charge < -0.3 is 20.3 Å². The maximum atomic E-state index is 12.5. The summed E-state index contributed by atoms with van der Waals surface area (Å²) in [5.41, 5.74) is 6.16. The van der Waals surface area contributed by atoms with E-state index in [0.717, 1.165) is 12.8 Å². The summed E-state index contributed by atoms with van der Waals surface area (Å²) in [7, 11) is 0. The Bertz CT molecular complexity index is 617. The van der Waals surface area contributed by atoms with Crippen molar-refractivity contribution in [1.29, 1.82) is 0 Å². The molecule has 2 aliphatic rings. The largest absolute Gasteiger partial charge is 0.364 e. The van der Waals surface area contributed by atoms with Crippen molar-refractivity contribution in [2.24, 2.45) is 5.73 Å². The zero-order valence-electron chi connectivity index (χ0n) is 13.5. The highest BCUT2D eigenvalue weighted by Gasteiger charge is 2.34. The van der Waals surface area contributed by atoms with Crippen LogP contribution >= 0.6 is 11.6 Å². The van der Waals surface area contributed by atoms with Gasteiger partial charge >= 0.3 is 0 Å². The molecule has 0 saturated carbocycles. The fraction of sp³-hybridized carbons (Fsp3) is 0.529. The standard InChI is InChI=1S/C17H22ClN3O3/c18-13-3-1-2-12(10-13)16(22)20-6-8-21(9-7-20)17(23)15-5-4-14(11-19)24-15/h1-3,10,14-15H,4-9,11,19H2/t14-,15+/m1/s1. The van der Waals surface area contributed by atoms with Crippen molar-refractivity contribution >= 4 is 23.4 Å². The normalized spacial score (nSPS) is 24.2. The van der Waals surface area contributed by atoms with E-state index in [-0.39, 0.29) is 24.0 Å². The monoisotopic (exact) mass is 351 g/mol. The van der Waals surface area contributed by atoms with Gasteiger partial charge in [0.2, 0.25) is 0 Å². The van der Waals surface area contributed by atoms with Crippen LogP contribution in [-0.4, -0.2) is 66.5 Å². The zero-order valence-corrected chi connectivity index (χ0v) is 14.2. The summed E-state index contributed by atoms with van der Waals surface area (Å²) in [6.45, 7) is 2.54. The molecule has 0 unspecified atom stereocenters. The number of carbonyl (C=O) groups excluding carboxylic acids is 2. The molecule has 6 nitrogen and oxygen atoms in total. The van der Waals surface area contributed by atoms with E-state index in [9.17, 15) is 9.59 Å². The van der Waals surface area contributed by atoms with Crippen LogP contribution in [0.2, 0.25) is 5.02 Å². The van der Waals surface area contributed by atoms with Gasteiger partial charge in [0, 0.05) is 43.3 Å². The molecule has 7 heteroatoms. The lowest BCUT2D eigenvalue weighted by Crippen LogP contribution is -2.53. The summed E-state index contributed by atoms with van der Waals surface area (Å²) in [6, 6.07) is 6.93. The van der Waals surface area contributed by atoms with E-state index in [4.69, 9.17) is 22.1 Å². The Labute approximate surface area is 146 Å². The second kappa shape index (κ2) is 7.51. The van der Waals surface area contributed by atoms with Crippen molar-refractivity contribution in [3.8, 4) is 0 Å². The number of ether oxygens (including phenoxy) is 1. The lowest BCUT2D eigenvalue weighted by atomic mass is 10.1. The maximum Gasteiger partial charge on any atom is 0.254 e. The summed E-state index contributed by atoms with van der Waals surface area (Å²) in [6.07, 6.45) is 1.17. The number of hydrogen-bond acceptors (Lipinski definition) is 4. The highest BCUT2D eigenvalue weighted by Crippen LogP contribution is 2.21. The van der Waals surface area contributed by atoms with E-state index in [1.54, 1.807) is 34.1 Å². The molecule has 3 rings (SSSR count). The summed E-state index contributed by atoms with van der Waals surface area (Å²) < 4.78 is 5.67. The van der Waals surface area contributed by atoms with E-state index in [2.05, 4.69) is 0 Å². The van der Waals surface area contributed by atoms with Crippen LogP contribution in [0.3, 0.4) is 0 Å². The minimum Gasteiger partial charge on any atom is -0.364 e. The summed E-state index contributed by atoms with van der Waals surface area (Å²) >= 11 is 5.94. The van der Waals surface area contributed by atoms with Crippen LogP contribution in [0.15, 0.2) is 24.3 Å². The number of nitrogens with zero attached hydrogens (tertiary/aromatic N) is 2. The molecule has 2 heterocycles. The maximum absolute atomic E-state index is 12.5. The van der Waals surface area contributed by atoms with E-state index in [0.29, 0.717) is 43.3 Å². The average Bonchev–Trinajstić information content (AvgIpc) is 3.10. The molecule has 0 bridgehead atoms. The van der Waals surface area contributed by atoms with Gasteiger partial charge in [-0.1, -0.05) is 17.7 Å². The zero-order chi connectivity index (χ0) is 17.1. The van der Waals surface area contributed by atoms with Gasteiger partial charge in [-0.15, -0.1) is 0 Å². The molecule has 2 fully saturated rings. The summed E-state index contributed by atoms with van der Waals surface area (Å²) in [5, 5.41) is 0.544. The molecule has 2 N–H and O–H groups in total. The molecular weight excluding hydrogens is 330 g/mol. The number of benzene rings is 1. The first-order valence-electron chi connectivity index (χ1n) is 8.27. The van der Waals surface area contributed by atoms with Crippen LogP contribution in [0.25, 0.3) is 0 Å². The molecule has 1 aromatic rings. The van der Waals surface area contributed by atoms with Crippen LogP contribution in [0.5, 0.6) is 0 Å². The molecule has 2 aliphatic heterocycles. The highest BCUT2D eigenvalue weighted by molar-refractivity contribution is 6.30. The number of nitrogens with two attached hydrogens (primary N) is 1. The van der Waals surface area contributed by atoms with Crippen molar-refractivity contribution in [1.82, 2.24) is 9.80 Å². The molecule has 2 amide bonds. The van der Waals surface area contributed by atoms with Gasteiger partial charge in [0.15, 0.2) is 0 Å². The predicted octanol–water partition coefficient (Wildman–Crippen LogP) is 1.13. The second-order valence-electron chi connectivity index (χ2n) is 6.19. The SMILES string of the molecule is NC[C@H]1CC[C@@H](C(=O)N2CCN(C(=O)c3cccc(Cl)c3)CC2)O1. The number of halogens is 1. The smallest absolute Gasteiger partial charge is 0.254 e. The average molecular weight is 352 g/mol. The van der Waals surface area contributed by atoms with Gasteiger partial charge in [-0.3, -0.25) is 9.59 Å². The number of amides is 2. The van der Waals surface area contributed by atoms with Crippen molar-refractivity contribution in [3.05, 3.63) is 34.9 Å². The Hall–Kier alpha value is -1.63. The lowest BCUT2D eigenvalue weighted by molar-refractivity contribution is -0.144. The van der Waals surface area contributed by atoms with E-state index >= 15 is 0 Å². The van der Waals surface area contributed by atoms with Crippen LogP contribution < -0.4 is 5.73 Å². The topological polar surface area (TPSA) is 75.9 Å². The van der Waals surface area contributed by atoms with Crippen LogP contribution in [0, 0.1) is 0 Å². The number of carbonyl (C=O) groups is 2. The van der Waals surface area contributed by atoms with E-state index < -0.39 is 0 Å². The Kier molecular flexibility index (Phi) is 5.38. The first-order chi connectivity index (χ1) is 11.6. The molecule has 130 valence electrons. The van der Waals surface area contributed by atoms with Crippen molar-refractivity contribution in [2.45, 2.75) is 25.0 Å². The Morgan fingerprint density at radius 2 is 1.88 bits per heavy atom. The molecule has 0 radical (unpaired) electrons. The second-order valence-corrected chi connectivity index (χ2v) is 6.62. The Morgan fingerprint density at radius 3 is 2.50 bits per heavy atom. The molecule has 2 saturated heterocycles. The Balaban J connectivity index is 1.54. The molecule has 2 atom stereocenters. The molecule has 24 heavy (non-hydrogen) atoms. The highest BCUT2D eigenvalue weighted by atomic mass is 35.5. The molecular formula is C17H22ClN3O3. The van der Waals surface area contributed by atoms with Gasteiger partial charge in [0.1, 0.15) is 6.10 Å². The fourth-order valence-electron chi connectivity index (χ4n) is 3.20. The van der Waals surface area contributed by atoms with E-state index in [1.165, 1.54) is 0 Å². The number of piperazine rings is 1. The van der Waals surface area contributed by atoms with Gasteiger partial charge in [0.25, 0.3) is 11.8 Å². The van der Waals surface area contributed by atoms with Crippen LogP contribution in [0.1, 0.15) is 23.2 Å². The van der Waals surface area contributed by atoms with Gasteiger partial charge in [-0.2, -0.15) is 0 Å². The van der Waals surface area contributed by atoms with Crippen LogP contribution in [0.4, 0.5) is 0 Å². The first-order valence-corrected chi connectivity index (χ1v) is 8.65. The minimum atomic E-state index is -0.381. The van der Waals surface area contributed by atoms with Gasteiger partial charge in [0.05, 0.1) is 6.10 Å². The van der Waals surface area contributed by atoms with Crippen molar-refractivity contribution in [3.63, 3.8) is 0 Å².